The van der Waals surface area contributed by atoms with Crippen molar-refractivity contribution >= 4 is 23.9 Å². The summed E-state index contributed by atoms with van der Waals surface area (Å²) in [5, 5.41) is 11.4. The molecule has 300 valence electrons. The van der Waals surface area contributed by atoms with E-state index in [4.69, 9.17) is 28.4 Å². The summed E-state index contributed by atoms with van der Waals surface area (Å²) in [6.07, 6.45) is 5.69. The van der Waals surface area contributed by atoms with Crippen LogP contribution in [0, 0.1) is 31.6 Å². The van der Waals surface area contributed by atoms with E-state index in [1.54, 1.807) is 6.92 Å². The number of rotatable bonds is 18. The second-order valence-electron chi connectivity index (χ2n) is 16.4. The van der Waals surface area contributed by atoms with Crippen LogP contribution in [-0.4, -0.2) is 65.6 Å². The molecular weight excluding hydrogens is 680 g/mol. The van der Waals surface area contributed by atoms with Crippen molar-refractivity contribution in [3.8, 4) is 11.5 Å². The Bertz CT molecular complexity index is 1420. The Morgan fingerprint density at radius 2 is 1.28 bits per heavy atom. The summed E-state index contributed by atoms with van der Waals surface area (Å²) in [5.41, 5.74) is 1.84. The van der Waals surface area contributed by atoms with Gasteiger partial charge in [-0.25, -0.2) is 0 Å². The fraction of sp³-hybridized carbons (Fsp3) is 0.762. The summed E-state index contributed by atoms with van der Waals surface area (Å²) in [5.74, 6) is -0.00742. The first-order chi connectivity index (χ1) is 24.8. The molecule has 1 fully saturated rings. The van der Waals surface area contributed by atoms with Crippen LogP contribution in [0.4, 0.5) is 0 Å². The Morgan fingerprint density at radius 3 is 1.83 bits per heavy atom. The molecule has 1 aromatic carbocycles. The van der Waals surface area contributed by atoms with Crippen LogP contribution < -0.4 is 4.74 Å². The van der Waals surface area contributed by atoms with Gasteiger partial charge in [-0.15, -0.1) is 0 Å². The maximum atomic E-state index is 12.6. The van der Waals surface area contributed by atoms with Gasteiger partial charge in [0.15, 0.2) is 18.3 Å². The Hall–Kier alpha value is -3.34. The van der Waals surface area contributed by atoms with Gasteiger partial charge in [-0.3, -0.25) is 19.2 Å². The monoisotopic (exact) mass is 746 g/mol. The number of esters is 4. The standard InChI is InChI=1S/C42H66O11/c1-24(2)15-12-16-25(3)17-13-18-26(4)19-14-21-42(11)22-20-33-27(5)36(47)28(6)35(37(33)53-42)39-41(51-32(10)46)40(50-31(9)45)38(49-30(8)44)34(52-39)23-48-29(7)43/h24-26,34,38-41,47H,12-23H2,1-11H3/t25?,26?,34-,38-,39+,40+,41+,42?/m1/s1. The molecule has 0 radical (unpaired) electrons. The van der Waals surface area contributed by atoms with Gasteiger partial charge in [0.05, 0.1) is 0 Å². The molecular formula is C42H66O11. The molecule has 0 aliphatic carbocycles. The molecule has 8 atom stereocenters. The first-order valence-corrected chi connectivity index (χ1v) is 19.7. The quantitative estimate of drug-likeness (QED) is 0.114. The molecule has 1 N–H and O–H groups in total. The van der Waals surface area contributed by atoms with Crippen LogP contribution in [0.1, 0.15) is 155 Å². The molecule has 0 amide bonds. The Kier molecular flexibility index (Phi) is 16.5. The molecule has 53 heavy (non-hydrogen) atoms. The summed E-state index contributed by atoms with van der Waals surface area (Å²) < 4.78 is 35.9. The van der Waals surface area contributed by atoms with Crippen LogP contribution in [0.15, 0.2) is 0 Å². The van der Waals surface area contributed by atoms with E-state index >= 15 is 0 Å². The zero-order valence-electron chi connectivity index (χ0n) is 34.1. The molecule has 0 bridgehead atoms. The number of benzene rings is 1. The lowest BCUT2D eigenvalue weighted by Gasteiger charge is -2.46. The van der Waals surface area contributed by atoms with Crippen LogP contribution in [0.25, 0.3) is 0 Å². The zero-order chi connectivity index (χ0) is 39.6. The Labute approximate surface area is 317 Å². The molecule has 11 heteroatoms. The third-order valence-corrected chi connectivity index (χ3v) is 10.9. The van der Waals surface area contributed by atoms with Crippen LogP contribution in [0.3, 0.4) is 0 Å². The van der Waals surface area contributed by atoms with Crippen molar-refractivity contribution in [1.82, 2.24) is 0 Å². The first-order valence-electron chi connectivity index (χ1n) is 19.7. The lowest BCUT2D eigenvalue weighted by atomic mass is 9.81. The number of carbonyl (C=O) groups excluding carboxylic acids is 4. The van der Waals surface area contributed by atoms with Gasteiger partial charge in [0, 0.05) is 44.4 Å². The number of aromatic hydroxyl groups is 1. The maximum absolute atomic E-state index is 12.6. The molecule has 0 saturated carbocycles. The largest absolute Gasteiger partial charge is 0.507 e. The molecule has 3 unspecified atom stereocenters. The molecule has 2 aliphatic rings. The topological polar surface area (TPSA) is 144 Å². The number of phenols is 1. The summed E-state index contributed by atoms with van der Waals surface area (Å²) in [7, 11) is 0. The smallest absolute Gasteiger partial charge is 0.303 e. The Balaban J connectivity index is 1.91. The third kappa shape index (κ3) is 12.6. The number of phenolic OH excluding ortho intramolecular Hbond substituents is 1. The minimum absolute atomic E-state index is 0.0434. The van der Waals surface area contributed by atoms with Crippen molar-refractivity contribution in [3.05, 3.63) is 22.3 Å². The van der Waals surface area contributed by atoms with Crippen LogP contribution in [0.5, 0.6) is 11.5 Å². The van der Waals surface area contributed by atoms with Crippen molar-refractivity contribution in [2.45, 2.75) is 183 Å². The molecule has 1 saturated heterocycles. The summed E-state index contributed by atoms with van der Waals surface area (Å²) in [4.78, 5) is 49.3. The van der Waals surface area contributed by atoms with Gasteiger partial charge < -0.3 is 33.5 Å². The van der Waals surface area contributed by atoms with Crippen LogP contribution in [0.2, 0.25) is 0 Å². The molecule has 11 nitrogen and oxygen atoms in total. The van der Waals surface area contributed by atoms with Gasteiger partial charge in [-0.05, 0) is 69.8 Å². The molecule has 2 aliphatic heterocycles. The molecule has 0 aromatic heterocycles. The summed E-state index contributed by atoms with van der Waals surface area (Å²) in [6.45, 7) is 19.4. The lowest BCUT2D eigenvalue weighted by molar-refractivity contribution is -0.254. The lowest BCUT2D eigenvalue weighted by Crippen LogP contribution is -2.59. The van der Waals surface area contributed by atoms with Gasteiger partial charge in [0.2, 0.25) is 0 Å². The van der Waals surface area contributed by atoms with Crippen molar-refractivity contribution in [1.29, 1.82) is 0 Å². The third-order valence-electron chi connectivity index (χ3n) is 10.9. The highest BCUT2D eigenvalue weighted by atomic mass is 16.7. The number of hydrogen-bond donors (Lipinski definition) is 1. The minimum Gasteiger partial charge on any atom is -0.507 e. The van der Waals surface area contributed by atoms with Crippen molar-refractivity contribution in [2.75, 3.05) is 6.61 Å². The summed E-state index contributed by atoms with van der Waals surface area (Å²) in [6, 6.07) is 0. The fourth-order valence-corrected chi connectivity index (χ4v) is 7.94. The van der Waals surface area contributed by atoms with E-state index < -0.39 is 60.0 Å². The van der Waals surface area contributed by atoms with E-state index in [-0.39, 0.29) is 12.4 Å². The van der Waals surface area contributed by atoms with Crippen molar-refractivity contribution in [2.24, 2.45) is 17.8 Å². The second kappa shape index (κ2) is 19.8. The normalized spacial score (nSPS) is 25.1. The van der Waals surface area contributed by atoms with Gasteiger partial charge in [0.1, 0.15) is 35.9 Å². The average Bonchev–Trinajstić information content (AvgIpc) is 3.04. The van der Waals surface area contributed by atoms with Gasteiger partial charge in [-0.2, -0.15) is 0 Å². The average molecular weight is 747 g/mol. The predicted octanol–water partition coefficient (Wildman–Crippen LogP) is 8.33. The van der Waals surface area contributed by atoms with E-state index in [1.165, 1.54) is 66.2 Å². The predicted molar refractivity (Wildman–Crippen MR) is 201 cm³/mol. The molecule has 2 heterocycles. The van der Waals surface area contributed by atoms with E-state index in [0.29, 0.717) is 34.8 Å². The van der Waals surface area contributed by atoms with E-state index in [2.05, 4.69) is 34.6 Å². The highest BCUT2D eigenvalue weighted by molar-refractivity contribution is 5.69. The van der Waals surface area contributed by atoms with Gasteiger partial charge in [0.25, 0.3) is 0 Å². The van der Waals surface area contributed by atoms with Crippen molar-refractivity contribution < 1.29 is 52.7 Å². The minimum atomic E-state index is -1.34. The molecule has 3 rings (SSSR count). The second-order valence-corrected chi connectivity index (χ2v) is 16.4. The maximum Gasteiger partial charge on any atom is 0.303 e. The number of fused-ring (bicyclic) bond motifs is 1. The van der Waals surface area contributed by atoms with Crippen molar-refractivity contribution in [3.63, 3.8) is 0 Å². The van der Waals surface area contributed by atoms with Crippen LogP contribution >= 0.6 is 0 Å². The molecule has 1 aromatic rings. The summed E-state index contributed by atoms with van der Waals surface area (Å²) >= 11 is 0. The fourth-order valence-electron chi connectivity index (χ4n) is 7.94. The zero-order valence-corrected chi connectivity index (χ0v) is 34.1. The SMILES string of the molecule is CC(=O)OC[C@H]1O[C@@H](c2c(C)c(O)c(C)c3c2OC(C)(CCCC(C)CCCC(C)CCCC(C)C)CC3)[C@H](OC(C)=O)[C@@H](OC(C)=O)[C@@H]1OC(C)=O. The number of carbonyl (C=O) groups is 4. The van der Waals surface area contributed by atoms with Gasteiger partial charge >= 0.3 is 23.9 Å². The Morgan fingerprint density at radius 1 is 0.755 bits per heavy atom. The molecule has 0 spiro atoms. The number of ether oxygens (including phenoxy) is 6. The van der Waals surface area contributed by atoms with E-state index in [0.717, 1.165) is 43.1 Å². The number of hydrogen-bond acceptors (Lipinski definition) is 11. The van der Waals surface area contributed by atoms with E-state index in [1.807, 2.05) is 6.92 Å². The highest BCUT2D eigenvalue weighted by Crippen LogP contribution is 2.51. The first kappa shape index (κ1) is 44.1. The van der Waals surface area contributed by atoms with Crippen LogP contribution in [-0.2, 0) is 49.3 Å². The van der Waals surface area contributed by atoms with E-state index in [9.17, 15) is 24.3 Å². The highest BCUT2D eigenvalue weighted by Gasteiger charge is 2.54. The van der Waals surface area contributed by atoms with Gasteiger partial charge in [-0.1, -0.05) is 72.6 Å².